The summed E-state index contributed by atoms with van der Waals surface area (Å²) < 4.78 is 0. The molecule has 0 aromatic heterocycles. The van der Waals surface area contributed by atoms with Crippen molar-refractivity contribution >= 4 is 0 Å². The lowest BCUT2D eigenvalue weighted by Crippen LogP contribution is -2.08. The lowest BCUT2D eigenvalue weighted by Gasteiger charge is -2.09. The molecule has 0 aliphatic carbocycles. The molecule has 0 radical (unpaired) electrons. The van der Waals surface area contributed by atoms with E-state index in [0.717, 1.165) is 12.0 Å². The average molecular weight is 195 g/mol. The highest BCUT2D eigenvalue weighted by Crippen LogP contribution is 2.23. The normalized spacial score (nSPS) is 11.4. The predicted octanol–water partition coefficient (Wildman–Crippen LogP) is 3.22. The SMILES string of the molecule is CCC.CCC(N)c1ccccc1O. The lowest BCUT2D eigenvalue weighted by atomic mass is 10.0. The number of hydrogen-bond donors (Lipinski definition) is 2. The molecule has 0 aliphatic rings. The van der Waals surface area contributed by atoms with Crippen LogP contribution in [0.2, 0.25) is 0 Å². The fourth-order valence-electron chi connectivity index (χ4n) is 1.02. The van der Waals surface area contributed by atoms with Gasteiger partial charge in [-0.2, -0.15) is 0 Å². The molecule has 0 saturated carbocycles. The highest BCUT2D eigenvalue weighted by molar-refractivity contribution is 5.34. The number of rotatable bonds is 2. The van der Waals surface area contributed by atoms with Crippen molar-refractivity contribution in [1.29, 1.82) is 0 Å². The second-order valence-corrected chi connectivity index (χ2v) is 3.28. The third-order valence-corrected chi connectivity index (χ3v) is 1.78. The van der Waals surface area contributed by atoms with E-state index in [2.05, 4.69) is 13.8 Å². The van der Waals surface area contributed by atoms with Gasteiger partial charge in [-0.05, 0) is 12.5 Å². The molecule has 1 rings (SSSR count). The van der Waals surface area contributed by atoms with Gasteiger partial charge >= 0.3 is 0 Å². The Kier molecular flexibility index (Phi) is 6.85. The standard InChI is InChI=1S/C9H13NO.C3H8/c1-2-8(10)7-5-3-4-6-9(7)11;1-3-2/h3-6,8,11H,2,10H2,1H3;3H2,1-2H3. The largest absolute Gasteiger partial charge is 0.508 e. The van der Waals surface area contributed by atoms with Gasteiger partial charge in [-0.25, -0.2) is 0 Å². The van der Waals surface area contributed by atoms with Crippen molar-refractivity contribution in [2.45, 2.75) is 39.7 Å². The Bertz CT molecular complexity index is 248. The highest BCUT2D eigenvalue weighted by atomic mass is 16.3. The first-order valence-electron chi connectivity index (χ1n) is 5.20. The highest BCUT2D eigenvalue weighted by Gasteiger charge is 2.06. The zero-order chi connectivity index (χ0) is 11.0. The van der Waals surface area contributed by atoms with Crippen LogP contribution in [0.15, 0.2) is 24.3 Å². The van der Waals surface area contributed by atoms with Crippen LogP contribution in [-0.4, -0.2) is 5.11 Å². The van der Waals surface area contributed by atoms with Gasteiger partial charge in [0.15, 0.2) is 0 Å². The summed E-state index contributed by atoms with van der Waals surface area (Å²) in [6, 6.07) is 7.14. The minimum atomic E-state index is -0.0452. The first kappa shape index (κ1) is 13.0. The molecule has 0 saturated heterocycles. The first-order chi connectivity index (χ1) is 6.67. The van der Waals surface area contributed by atoms with Gasteiger partial charge in [-0.15, -0.1) is 0 Å². The summed E-state index contributed by atoms with van der Waals surface area (Å²) in [5, 5.41) is 9.33. The molecule has 0 fully saturated rings. The van der Waals surface area contributed by atoms with E-state index in [-0.39, 0.29) is 6.04 Å². The fourth-order valence-corrected chi connectivity index (χ4v) is 1.02. The molecule has 1 unspecified atom stereocenters. The van der Waals surface area contributed by atoms with Gasteiger partial charge in [0.05, 0.1) is 0 Å². The van der Waals surface area contributed by atoms with Crippen LogP contribution in [0.4, 0.5) is 0 Å². The molecule has 14 heavy (non-hydrogen) atoms. The summed E-state index contributed by atoms with van der Waals surface area (Å²) in [5.41, 5.74) is 6.56. The maximum absolute atomic E-state index is 9.33. The van der Waals surface area contributed by atoms with E-state index in [4.69, 9.17) is 5.73 Å². The zero-order valence-corrected chi connectivity index (χ0v) is 9.33. The smallest absolute Gasteiger partial charge is 0.120 e. The van der Waals surface area contributed by atoms with Crippen molar-refractivity contribution < 1.29 is 5.11 Å². The number of benzene rings is 1. The minimum absolute atomic E-state index is 0.0452. The van der Waals surface area contributed by atoms with Crippen molar-refractivity contribution in [3.8, 4) is 5.75 Å². The Labute approximate surface area is 86.8 Å². The number of para-hydroxylation sites is 1. The molecule has 0 bridgehead atoms. The molecular formula is C12H21NO. The molecule has 0 heterocycles. The van der Waals surface area contributed by atoms with E-state index in [1.807, 2.05) is 19.1 Å². The second-order valence-electron chi connectivity index (χ2n) is 3.28. The predicted molar refractivity (Wildman–Crippen MR) is 61.3 cm³/mol. The summed E-state index contributed by atoms with van der Waals surface area (Å²) in [4.78, 5) is 0. The maximum Gasteiger partial charge on any atom is 0.120 e. The fraction of sp³-hybridized carbons (Fsp3) is 0.500. The van der Waals surface area contributed by atoms with Crippen molar-refractivity contribution in [1.82, 2.24) is 0 Å². The van der Waals surface area contributed by atoms with Crippen LogP contribution in [0.5, 0.6) is 5.75 Å². The molecule has 0 spiro atoms. The van der Waals surface area contributed by atoms with Crippen LogP contribution in [0.1, 0.15) is 45.2 Å². The van der Waals surface area contributed by atoms with Crippen LogP contribution in [0, 0.1) is 0 Å². The van der Waals surface area contributed by atoms with Crippen molar-refractivity contribution in [2.75, 3.05) is 0 Å². The van der Waals surface area contributed by atoms with E-state index in [0.29, 0.717) is 5.75 Å². The molecule has 2 heteroatoms. The van der Waals surface area contributed by atoms with Gasteiger partial charge in [0.2, 0.25) is 0 Å². The quantitative estimate of drug-likeness (QED) is 0.761. The van der Waals surface area contributed by atoms with Gasteiger partial charge in [0.25, 0.3) is 0 Å². The molecule has 2 nitrogen and oxygen atoms in total. The van der Waals surface area contributed by atoms with E-state index < -0.39 is 0 Å². The number of nitrogens with two attached hydrogens (primary N) is 1. The van der Waals surface area contributed by atoms with Gasteiger partial charge in [0.1, 0.15) is 5.75 Å². The molecule has 0 amide bonds. The molecule has 3 N–H and O–H groups in total. The number of hydrogen-bond acceptors (Lipinski definition) is 2. The Morgan fingerprint density at radius 2 is 1.71 bits per heavy atom. The second kappa shape index (κ2) is 7.39. The Morgan fingerprint density at radius 3 is 2.14 bits per heavy atom. The maximum atomic E-state index is 9.33. The van der Waals surface area contributed by atoms with E-state index in [1.54, 1.807) is 12.1 Å². The Morgan fingerprint density at radius 1 is 1.21 bits per heavy atom. The summed E-state index contributed by atoms with van der Waals surface area (Å²) in [7, 11) is 0. The molecule has 80 valence electrons. The third kappa shape index (κ3) is 4.28. The van der Waals surface area contributed by atoms with E-state index in [9.17, 15) is 5.11 Å². The number of phenolic OH excluding ortho intramolecular Hbond substituents is 1. The monoisotopic (exact) mass is 195 g/mol. The van der Waals surface area contributed by atoms with Crippen molar-refractivity contribution in [2.24, 2.45) is 5.73 Å². The summed E-state index contributed by atoms with van der Waals surface area (Å²) >= 11 is 0. The van der Waals surface area contributed by atoms with Gasteiger partial charge in [0, 0.05) is 11.6 Å². The van der Waals surface area contributed by atoms with Crippen LogP contribution in [0.25, 0.3) is 0 Å². The first-order valence-corrected chi connectivity index (χ1v) is 5.20. The average Bonchev–Trinajstić information content (AvgIpc) is 2.19. The van der Waals surface area contributed by atoms with Crippen LogP contribution in [-0.2, 0) is 0 Å². The van der Waals surface area contributed by atoms with Crippen LogP contribution < -0.4 is 5.73 Å². The Hall–Kier alpha value is -1.02. The van der Waals surface area contributed by atoms with Gasteiger partial charge in [-0.1, -0.05) is 45.4 Å². The number of phenols is 1. The summed E-state index contributed by atoms with van der Waals surface area (Å²) in [6.45, 7) is 6.25. The Balaban J connectivity index is 0.000000500. The molecule has 0 aliphatic heterocycles. The zero-order valence-electron chi connectivity index (χ0n) is 9.33. The van der Waals surface area contributed by atoms with E-state index >= 15 is 0 Å². The van der Waals surface area contributed by atoms with E-state index in [1.165, 1.54) is 6.42 Å². The molecular weight excluding hydrogens is 174 g/mol. The van der Waals surface area contributed by atoms with Crippen LogP contribution in [0.3, 0.4) is 0 Å². The molecule has 1 atom stereocenters. The lowest BCUT2D eigenvalue weighted by molar-refractivity contribution is 0.460. The summed E-state index contributed by atoms with van der Waals surface area (Å²) in [5.74, 6) is 0.293. The number of aromatic hydroxyl groups is 1. The molecule has 1 aromatic rings. The van der Waals surface area contributed by atoms with Crippen LogP contribution >= 0.6 is 0 Å². The minimum Gasteiger partial charge on any atom is -0.508 e. The third-order valence-electron chi connectivity index (χ3n) is 1.78. The summed E-state index contributed by atoms with van der Waals surface area (Å²) in [6.07, 6.45) is 2.09. The van der Waals surface area contributed by atoms with Crippen molar-refractivity contribution in [3.05, 3.63) is 29.8 Å². The van der Waals surface area contributed by atoms with Gasteiger partial charge in [-0.3, -0.25) is 0 Å². The van der Waals surface area contributed by atoms with Crippen molar-refractivity contribution in [3.63, 3.8) is 0 Å². The molecule has 1 aromatic carbocycles. The topological polar surface area (TPSA) is 46.2 Å². The van der Waals surface area contributed by atoms with Gasteiger partial charge < -0.3 is 10.8 Å².